The number of carbonyl (C=O) groups excluding carboxylic acids is 2. The lowest BCUT2D eigenvalue weighted by Gasteiger charge is -2.22. The smallest absolute Gasteiger partial charge is 0.312 e. The summed E-state index contributed by atoms with van der Waals surface area (Å²) < 4.78 is 10.9. The molecule has 0 aliphatic carbocycles. The molecule has 0 saturated carbocycles. The van der Waals surface area contributed by atoms with E-state index in [0.717, 1.165) is 11.3 Å². The number of rotatable bonds is 2. The van der Waals surface area contributed by atoms with E-state index < -0.39 is 17.4 Å². The first-order valence-electron chi connectivity index (χ1n) is 7.39. The molecule has 5 heteroatoms. The Morgan fingerprint density at radius 1 is 1.45 bits per heavy atom. The van der Waals surface area contributed by atoms with Crippen molar-refractivity contribution >= 4 is 17.6 Å². The number of methoxy groups -OCH3 is 1. The van der Waals surface area contributed by atoms with E-state index in [0.29, 0.717) is 6.54 Å². The summed E-state index contributed by atoms with van der Waals surface area (Å²) in [7, 11) is 1.35. The van der Waals surface area contributed by atoms with Gasteiger partial charge in [0.15, 0.2) is 0 Å². The molecule has 0 N–H and O–H groups in total. The fraction of sp³-hybridized carbons (Fsp3) is 0.412. The Kier molecular flexibility index (Phi) is 2.72. The third-order valence-electron chi connectivity index (χ3n) is 4.89. The molecule has 3 aliphatic heterocycles. The van der Waals surface area contributed by atoms with Crippen molar-refractivity contribution in [2.45, 2.75) is 18.6 Å². The maximum absolute atomic E-state index is 12.9. The molecule has 4 atom stereocenters. The fourth-order valence-corrected chi connectivity index (χ4v) is 3.92. The highest BCUT2D eigenvalue weighted by molar-refractivity contribution is 6.02. The molecular weight excluding hydrogens is 282 g/mol. The number of anilines is 1. The number of aryl methyl sites for hydroxylation is 1. The molecule has 0 aromatic heterocycles. The molecule has 0 radical (unpaired) electrons. The molecule has 1 spiro atoms. The first kappa shape index (κ1) is 13.5. The zero-order chi connectivity index (χ0) is 15.5. The maximum Gasteiger partial charge on any atom is 0.312 e. The lowest BCUT2D eigenvalue weighted by molar-refractivity contribution is -0.149. The van der Waals surface area contributed by atoms with Gasteiger partial charge in [-0.25, -0.2) is 0 Å². The summed E-state index contributed by atoms with van der Waals surface area (Å²) in [5, 5.41) is 0. The average Bonchev–Trinajstić information content (AvgIpc) is 3.15. The molecule has 2 bridgehead atoms. The predicted octanol–water partition coefficient (Wildman–Crippen LogP) is 1.45. The Hall–Kier alpha value is -2.14. The van der Waals surface area contributed by atoms with Crippen LogP contribution in [0.4, 0.5) is 5.69 Å². The Bertz CT molecular complexity index is 698. The number of carbonyl (C=O) groups is 2. The molecule has 5 nitrogen and oxygen atoms in total. The number of benzene rings is 1. The van der Waals surface area contributed by atoms with Gasteiger partial charge < -0.3 is 14.4 Å². The van der Waals surface area contributed by atoms with E-state index in [-0.39, 0.29) is 18.0 Å². The van der Waals surface area contributed by atoms with Gasteiger partial charge in [-0.2, -0.15) is 0 Å². The maximum atomic E-state index is 12.9. The van der Waals surface area contributed by atoms with Crippen molar-refractivity contribution in [1.82, 2.24) is 0 Å². The van der Waals surface area contributed by atoms with Crippen molar-refractivity contribution in [3.05, 3.63) is 42.0 Å². The van der Waals surface area contributed by atoms with Crippen molar-refractivity contribution < 1.29 is 19.1 Å². The van der Waals surface area contributed by atoms with E-state index in [9.17, 15) is 9.59 Å². The zero-order valence-corrected chi connectivity index (χ0v) is 12.5. The van der Waals surface area contributed by atoms with E-state index in [4.69, 9.17) is 9.47 Å². The number of fused-ring (bicyclic) bond motifs is 1. The normalized spacial score (nSPS) is 35.1. The number of hydrogen-bond acceptors (Lipinski definition) is 4. The van der Waals surface area contributed by atoms with Crippen LogP contribution >= 0.6 is 0 Å². The lowest BCUT2D eigenvalue weighted by Crippen LogP contribution is -2.39. The summed E-state index contributed by atoms with van der Waals surface area (Å²) in [4.78, 5) is 26.7. The topological polar surface area (TPSA) is 55.8 Å². The van der Waals surface area contributed by atoms with Gasteiger partial charge in [0.2, 0.25) is 5.91 Å². The average molecular weight is 299 g/mol. The molecule has 4 rings (SSSR count). The van der Waals surface area contributed by atoms with Crippen molar-refractivity contribution in [3.63, 3.8) is 0 Å². The number of esters is 1. The van der Waals surface area contributed by atoms with Crippen LogP contribution in [-0.4, -0.2) is 37.2 Å². The number of amides is 1. The number of hydrogen-bond donors (Lipinski definition) is 0. The van der Waals surface area contributed by atoms with Gasteiger partial charge in [-0.3, -0.25) is 9.59 Å². The van der Waals surface area contributed by atoms with Crippen LogP contribution < -0.4 is 4.90 Å². The van der Waals surface area contributed by atoms with Gasteiger partial charge in [0.25, 0.3) is 0 Å². The standard InChI is InChI=1S/C17H17NO4/c1-10-4-3-5-11(8-10)18-9-17-7-6-12(22-17)13(16(20)21-2)14(17)15(18)19/h3-8,12-14H,9H2,1-2H3/t12-,13-,14-,17+/m0/s1. The largest absolute Gasteiger partial charge is 0.469 e. The van der Waals surface area contributed by atoms with Gasteiger partial charge in [0, 0.05) is 5.69 Å². The van der Waals surface area contributed by atoms with E-state index in [1.165, 1.54) is 7.11 Å². The van der Waals surface area contributed by atoms with Crippen LogP contribution in [0.3, 0.4) is 0 Å². The van der Waals surface area contributed by atoms with Crippen LogP contribution in [-0.2, 0) is 19.1 Å². The summed E-state index contributed by atoms with van der Waals surface area (Å²) in [6, 6.07) is 7.79. The highest BCUT2D eigenvalue weighted by Gasteiger charge is 2.67. The van der Waals surface area contributed by atoms with E-state index >= 15 is 0 Å². The van der Waals surface area contributed by atoms with Crippen LogP contribution in [0.5, 0.6) is 0 Å². The summed E-state index contributed by atoms with van der Waals surface area (Å²) in [5.74, 6) is -1.47. The quantitative estimate of drug-likeness (QED) is 0.613. The van der Waals surface area contributed by atoms with Gasteiger partial charge in [-0.1, -0.05) is 24.3 Å². The summed E-state index contributed by atoms with van der Waals surface area (Å²) in [6.07, 6.45) is 3.47. The fourth-order valence-electron chi connectivity index (χ4n) is 3.92. The first-order valence-corrected chi connectivity index (χ1v) is 7.39. The summed E-state index contributed by atoms with van der Waals surface area (Å²) in [5.41, 5.74) is 1.24. The third kappa shape index (κ3) is 1.63. The Morgan fingerprint density at radius 3 is 3.00 bits per heavy atom. The van der Waals surface area contributed by atoms with Crippen LogP contribution in [0.15, 0.2) is 36.4 Å². The Morgan fingerprint density at radius 2 is 2.27 bits per heavy atom. The monoisotopic (exact) mass is 299 g/mol. The van der Waals surface area contributed by atoms with Gasteiger partial charge >= 0.3 is 5.97 Å². The second-order valence-corrected chi connectivity index (χ2v) is 6.19. The number of ether oxygens (including phenoxy) is 2. The second kappa shape index (κ2) is 4.43. The molecule has 2 fully saturated rings. The van der Waals surface area contributed by atoms with E-state index in [2.05, 4.69) is 0 Å². The van der Waals surface area contributed by atoms with Crippen LogP contribution in [0, 0.1) is 18.8 Å². The van der Waals surface area contributed by atoms with Crippen molar-refractivity contribution in [1.29, 1.82) is 0 Å². The number of nitrogens with zero attached hydrogens (tertiary/aromatic N) is 1. The van der Waals surface area contributed by atoms with Crippen molar-refractivity contribution in [3.8, 4) is 0 Å². The van der Waals surface area contributed by atoms with Crippen LogP contribution in [0.1, 0.15) is 5.56 Å². The zero-order valence-electron chi connectivity index (χ0n) is 12.5. The minimum atomic E-state index is -0.690. The van der Waals surface area contributed by atoms with Crippen molar-refractivity contribution in [2.75, 3.05) is 18.6 Å². The first-order chi connectivity index (χ1) is 10.6. The molecule has 114 valence electrons. The van der Waals surface area contributed by atoms with Gasteiger partial charge in [-0.05, 0) is 24.6 Å². The summed E-state index contributed by atoms with van der Waals surface area (Å²) >= 11 is 0. The molecule has 3 aliphatic rings. The predicted molar refractivity (Wildman–Crippen MR) is 79.3 cm³/mol. The minimum Gasteiger partial charge on any atom is -0.469 e. The Balaban J connectivity index is 1.73. The third-order valence-corrected chi connectivity index (χ3v) is 4.89. The van der Waals surface area contributed by atoms with Gasteiger partial charge in [0.1, 0.15) is 11.5 Å². The van der Waals surface area contributed by atoms with Crippen molar-refractivity contribution in [2.24, 2.45) is 11.8 Å². The Labute approximate surface area is 128 Å². The van der Waals surface area contributed by atoms with Crippen LogP contribution in [0.2, 0.25) is 0 Å². The van der Waals surface area contributed by atoms with E-state index in [1.54, 1.807) is 4.90 Å². The molecule has 2 saturated heterocycles. The van der Waals surface area contributed by atoms with E-state index in [1.807, 2.05) is 43.3 Å². The molecular formula is C17H17NO4. The molecule has 1 aromatic carbocycles. The lowest BCUT2D eigenvalue weighted by atomic mass is 9.77. The molecule has 1 amide bonds. The summed E-state index contributed by atoms with van der Waals surface area (Å²) in [6.45, 7) is 2.43. The van der Waals surface area contributed by atoms with Gasteiger partial charge in [-0.15, -0.1) is 0 Å². The minimum absolute atomic E-state index is 0.0622. The molecule has 1 aromatic rings. The van der Waals surface area contributed by atoms with Gasteiger partial charge in [0.05, 0.1) is 25.7 Å². The van der Waals surface area contributed by atoms with Crippen LogP contribution in [0.25, 0.3) is 0 Å². The second-order valence-electron chi connectivity index (χ2n) is 6.19. The molecule has 22 heavy (non-hydrogen) atoms. The highest BCUT2D eigenvalue weighted by atomic mass is 16.5. The molecule has 3 heterocycles. The molecule has 0 unspecified atom stereocenters. The SMILES string of the molecule is COC(=O)[C@H]1[C@@H]2C=C[C@]3(CN(c4cccc(C)c4)C(=O)[C@H]13)O2. The highest BCUT2D eigenvalue weighted by Crippen LogP contribution is 2.52.